The quantitative estimate of drug-likeness (QED) is 0.697. The summed E-state index contributed by atoms with van der Waals surface area (Å²) < 4.78 is 13.1. The number of benzene rings is 1. The van der Waals surface area contributed by atoms with E-state index in [0.717, 1.165) is 23.5 Å². The second-order valence-electron chi connectivity index (χ2n) is 9.28. The highest BCUT2D eigenvalue weighted by atomic mass is 19.1. The first kappa shape index (κ1) is 22.7. The molecule has 3 rings (SSSR count). The Labute approximate surface area is 181 Å². The van der Waals surface area contributed by atoms with Crippen molar-refractivity contribution in [3.8, 4) is 11.4 Å². The van der Waals surface area contributed by atoms with E-state index in [1.54, 1.807) is 11.9 Å². The number of halogens is 1. The molecule has 2 aromatic rings. The number of aromatic nitrogens is 2. The van der Waals surface area contributed by atoms with Crippen LogP contribution in [0, 0.1) is 25.6 Å². The lowest BCUT2D eigenvalue weighted by molar-refractivity contribution is -0.137. The summed E-state index contributed by atoms with van der Waals surface area (Å²) in [5.41, 5.74) is 2.56. The first-order chi connectivity index (χ1) is 14.4. The Morgan fingerprint density at radius 1 is 1.13 bits per heavy atom. The normalized spacial score (nSPS) is 19.1. The number of amides is 1. The monoisotopic (exact) mass is 425 g/mol. The maximum atomic E-state index is 13.2. The topological polar surface area (TPSA) is 80.2 Å². The molecule has 7 heteroatoms. The molecule has 1 amide bonds. The van der Waals surface area contributed by atoms with Crippen LogP contribution in [-0.2, 0) is 14.4 Å². The molecule has 0 radical (unpaired) electrons. The van der Waals surface area contributed by atoms with Gasteiger partial charge in [0.1, 0.15) is 11.7 Å². The zero-order valence-corrected chi connectivity index (χ0v) is 18.8. The van der Waals surface area contributed by atoms with Crippen molar-refractivity contribution in [1.29, 1.82) is 0 Å². The van der Waals surface area contributed by atoms with Crippen LogP contribution in [-0.4, -0.2) is 44.9 Å². The first-order valence-electron chi connectivity index (χ1n) is 10.3. The van der Waals surface area contributed by atoms with Crippen LogP contribution in [0.25, 0.3) is 11.4 Å². The highest BCUT2D eigenvalue weighted by molar-refractivity contribution is 6.15. The number of carbonyl (C=O) groups is 3. The molecule has 1 aromatic carbocycles. The highest BCUT2D eigenvalue weighted by Gasteiger charge is 2.44. The van der Waals surface area contributed by atoms with Crippen LogP contribution in [0.1, 0.15) is 56.2 Å². The average Bonchev–Trinajstić information content (AvgIpc) is 2.94. The van der Waals surface area contributed by atoms with E-state index in [-0.39, 0.29) is 35.9 Å². The second-order valence-corrected chi connectivity index (χ2v) is 9.28. The van der Waals surface area contributed by atoms with Gasteiger partial charge in [-0.2, -0.15) is 0 Å². The summed E-state index contributed by atoms with van der Waals surface area (Å²) >= 11 is 0. The van der Waals surface area contributed by atoms with Crippen LogP contribution >= 0.6 is 0 Å². The fraction of sp³-hybridized carbons (Fsp3) is 0.458. The first-order valence-corrected chi connectivity index (χ1v) is 10.3. The number of hydrogen-bond donors (Lipinski definition) is 0. The number of nitrogens with zero attached hydrogens (tertiary/aromatic N) is 3. The van der Waals surface area contributed by atoms with Gasteiger partial charge in [0.05, 0.1) is 12.4 Å². The molecule has 0 aliphatic heterocycles. The molecule has 0 saturated heterocycles. The SMILES string of the molecule is Cc1cc(-c2ncc(F)cn2)cc(C)c1C1C(=O)CC(CC(=O)N(C)C(C)(C)C)C1=O. The minimum Gasteiger partial charge on any atom is -0.341 e. The molecule has 1 aromatic heterocycles. The number of rotatable bonds is 4. The third-order valence-electron chi connectivity index (χ3n) is 6.02. The van der Waals surface area contributed by atoms with E-state index in [9.17, 15) is 18.8 Å². The van der Waals surface area contributed by atoms with Gasteiger partial charge in [-0.3, -0.25) is 14.4 Å². The molecule has 164 valence electrons. The second kappa shape index (κ2) is 8.29. The summed E-state index contributed by atoms with van der Waals surface area (Å²) in [5, 5.41) is 0. The van der Waals surface area contributed by atoms with Crippen molar-refractivity contribution in [2.45, 2.75) is 58.9 Å². The van der Waals surface area contributed by atoms with Gasteiger partial charge in [-0.05, 0) is 63.4 Å². The predicted octanol–water partition coefficient (Wildman–Crippen LogP) is 3.79. The smallest absolute Gasteiger partial charge is 0.223 e. The van der Waals surface area contributed by atoms with E-state index in [0.29, 0.717) is 17.0 Å². The maximum absolute atomic E-state index is 13.2. The molecular formula is C24H28FN3O3. The number of ketones is 2. The van der Waals surface area contributed by atoms with Gasteiger partial charge < -0.3 is 4.90 Å². The molecule has 1 fully saturated rings. The van der Waals surface area contributed by atoms with Crippen LogP contribution < -0.4 is 0 Å². The summed E-state index contributed by atoms with van der Waals surface area (Å²) in [4.78, 5) is 48.2. The molecule has 6 nitrogen and oxygen atoms in total. The molecule has 31 heavy (non-hydrogen) atoms. The van der Waals surface area contributed by atoms with E-state index in [2.05, 4.69) is 9.97 Å². The fourth-order valence-electron chi connectivity index (χ4n) is 4.07. The van der Waals surface area contributed by atoms with Gasteiger partial charge in [-0.1, -0.05) is 0 Å². The molecule has 1 aliphatic rings. The molecule has 0 N–H and O–H groups in total. The van der Waals surface area contributed by atoms with E-state index >= 15 is 0 Å². The van der Waals surface area contributed by atoms with Gasteiger partial charge in [0, 0.05) is 36.9 Å². The molecule has 2 unspecified atom stereocenters. The van der Waals surface area contributed by atoms with Crippen molar-refractivity contribution in [1.82, 2.24) is 14.9 Å². The van der Waals surface area contributed by atoms with Crippen LogP contribution in [0.3, 0.4) is 0 Å². The summed E-state index contributed by atoms with van der Waals surface area (Å²) in [5.74, 6) is -2.10. The van der Waals surface area contributed by atoms with Crippen molar-refractivity contribution in [2.75, 3.05) is 7.05 Å². The van der Waals surface area contributed by atoms with Gasteiger partial charge in [0.2, 0.25) is 5.91 Å². The summed E-state index contributed by atoms with van der Waals surface area (Å²) in [6.07, 6.45) is 2.31. The molecule has 1 saturated carbocycles. The van der Waals surface area contributed by atoms with E-state index < -0.39 is 17.7 Å². The fourth-order valence-corrected chi connectivity index (χ4v) is 4.07. The van der Waals surface area contributed by atoms with Crippen molar-refractivity contribution >= 4 is 17.5 Å². The van der Waals surface area contributed by atoms with Crippen molar-refractivity contribution in [3.63, 3.8) is 0 Å². The Morgan fingerprint density at radius 2 is 1.68 bits per heavy atom. The minimum atomic E-state index is -0.860. The maximum Gasteiger partial charge on any atom is 0.223 e. The lowest BCUT2D eigenvalue weighted by Crippen LogP contribution is -2.43. The predicted molar refractivity (Wildman–Crippen MR) is 115 cm³/mol. The molecule has 1 heterocycles. The van der Waals surface area contributed by atoms with Gasteiger partial charge in [0.25, 0.3) is 0 Å². The third-order valence-corrected chi connectivity index (χ3v) is 6.02. The van der Waals surface area contributed by atoms with E-state index in [1.807, 2.05) is 46.8 Å². The Balaban J connectivity index is 1.87. The van der Waals surface area contributed by atoms with Crippen molar-refractivity contribution < 1.29 is 18.8 Å². The zero-order chi connectivity index (χ0) is 23.1. The Bertz CT molecular complexity index is 1020. The Hall–Kier alpha value is -2.96. The Morgan fingerprint density at radius 3 is 2.19 bits per heavy atom. The van der Waals surface area contributed by atoms with Crippen LogP contribution in [0.4, 0.5) is 4.39 Å². The van der Waals surface area contributed by atoms with Crippen molar-refractivity contribution in [2.24, 2.45) is 5.92 Å². The number of Topliss-reactive ketones (excluding diaryl/α,β-unsaturated/α-hetero) is 2. The number of hydrogen-bond acceptors (Lipinski definition) is 5. The largest absolute Gasteiger partial charge is 0.341 e. The van der Waals surface area contributed by atoms with Gasteiger partial charge in [0.15, 0.2) is 17.4 Å². The number of carbonyl (C=O) groups excluding carboxylic acids is 3. The zero-order valence-electron chi connectivity index (χ0n) is 18.8. The molecule has 0 spiro atoms. The van der Waals surface area contributed by atoms with Gasteiger partial charge in [-0.25, -0.2) is 14.4 Å². The van der Waals surface area contributed by atoms with Crippen LogP contribution in [0.15, 0.2) is 24.5 Å². The lowest BCUT2D eigenvalue weighted by Gasteiger charge is -2.32. The summed E-state index contributed by atoms with van der Waals surface area (Å²) in [6, 6.07) is 3.62. The van der Waals surface area contributed by atoms with Crippen LogP contribution in [0.5, 0.6) is 0 Å². The van der Waals surface area contributed by atoms with Crippen LogP contribution in [0.2, 0.25) is 0 Å². The standard InChI is InChI=1S/C24H28FN3O3/c1-13-7-16(23-26-11-17(25)12-27-23)8-14(2)20(13)21-18(29)9-15(22(21)31)10-19(30)28(6)24(3,4)5/h7-8,11-12,15,21H,9-10H2,1-6H3. The molecule has 1 aliphatic carbocycles. The minimum absolute atomic E-state index is 0.0362. The Kier molecular flexibility index (Phi) is 6.07. The highest BCUT2D eigenvalue weighted by Crippen LogP contribution is 2.38. The molecule has 2 atom stereocenters. The average molecular weight is 426 g/mol. The number of aryl methyl sites for hydroxylation is 2. The summed E-state index contributed by atoms with van der Waals surface area (Å²) in [7, 11) is 1.71. The van der Waals surface area contributed by atoms with Gasteiger partial charge >= 0.3 is 0 Å². The van der Waals surface area contributed by atoms with Gasteiger partial charge in [-0.15, -0.1) is 0 Å². The molecule has 0 bridgehead atoms. The summed E-state index contributed by atoms with van der Waals surface area (Å²) in [6.45, 7) is 9.45. The third kappa shape index (κ3) is 4.55. The van der Waals surface area contributed by atoms with E-state index in [1.165, 1.54) is 0 Å². The molecular weight excluding hydrogens is 397 g/mol. The van der Waals surface area contributed by atoms with Crippen molar-refractivity contribution in [3.05, 3.63) is 47.0 Å². The van der Waals surface area contributed by atoms with E-state index in [4.69, 9.17) is 0 Å². The lowest BCUT2D eigenvalue weighted by atomic mass is 9.86.